The molecule has 0 aliphatic heterocycles. The number of rotatable bonds is 8. The molecule has 3 aromatic rings. The molecule has 1 atom stereocenters. The van der Waals surface area contributed by atoms with E-state index in [1.54, 1.807) is 32.4 Å². The van der Waals surface area contributed by atoms with Crippen LogP contribution in [0.2, 0.25) is 0 Å². The topological polar surface area (TPSA) is 76.7 Å². The highest BCUT2D eigenvalue weighted by atomic mass is 19.1. The van der Waals surface area contributed by atoms with E-state index in [1.165, 1.54) is 18.3 Å². The predicted octanol–water partition coefficient (Wildman–Crippen LogP) is 4.63. The third-order valence-corrected chi connectivity index (χ3v) is 4.74. The Labute approximate surface area is 181 Å². The van der Waals surface area contributed by atoms with Crippen molar-refractivity contribution in [2.45, 2.75) is 6.04 Å². The van der Waals surface area contributed by atoms with Crippen molar-refractivity contribution in [1.29, 1.82) is 0 Å². The van der Waals surface area contributed by atoms with Gasteiger partial charge in [-0.2, -0.15) is 0 Å². The van der Waals surface area contributed by atoms with E-state index in [-0.39, 0.29) is 17.3 Å². The Morgan fingerprint density at radius 2 is 1.77 bits per heavy atom. The van der Waals surface area contributed by atoms with Crippen molar-refractivity contribution in [2.75, 3.05) is 19.5 Å². The minimum Gasteiger partial charge on any atom is -0.497 e. The van der Waals surface area contributed by atoms with Crippen LogP contribution in [0.5, 0.6) is 5.75 Å². The largest absolute Gasteiger partial charge is 0.497 e. The number of aliphatic imine (C=N–C) groups is 1. The van der Waals surface area contributed by atoms with Crippen LogP contribution in [0.1, 0.15) is 17.2 Å². The fourth-order valence-electron chi connectivity index (χ4n) is 3.17. The Morgan fingerprint density at radius 3 is 2.42 bits per heavy atom. The molecule has 6 heteroatoms. The Morgan fingerprint density at radius 1 is 1.06 bits per heavy atom. The minimum atomic E-state index is -0.742. The van der Waals surface area contributed by atoms with Crippen molar-refractivity contribution in [2.24, 2.45) is 10.7 Å². The predicted molar refractivity (Wildman–Crippen MR) is 123 cm³/mol. The van der Waals surface area contributed by atoms with Gasteiger partial charge in [0.1, 0.15) is 17.6 Å². The SMILES string of the molecule is CN=CC(=C(N)C(=O)C(Nc1cccc(OC)c1)c1ccccc1)c1ccc(F)cc1. The molecule has 0 aliphatic rings. The van der Waals surface area contributed by atoms with E-state index in [4.69, 9.17) is 10.5 Å². The van der Waals surface area contributed by atoms with Gasteiger partial charge in [-0.3, -0.25) is 9.79 Å². The summed E-state index contributed by atoms with van der Waals surface area (Å²) in [6.07, 6.45) is 1.51. The van der Waals surface area contributed by atoms with Gasteiger partial charge in [-0.05, 0) is 35.4 Å². The van der Waals surface area contributed by atoms with E-state index < -0.39 is 6.04 Å². The van der Waals surface area contributed by atoms with Gasteiger partial charge in [-0.1, -0.05) is 48.5 Å². The molecule has 0 saturated carbocycles. The highest BCUT2D eigenvalue weighted by Gasteiger charge is 2.25. The van der Waals surface area contributed by atoms with Crippen molar-refractivity contribution in [3.8, 4) is 5.75 Å². The zero-order valence-electron chi connectivity index (χ0n) is 17.4. The second kappa shape index (κ2) is 10.2. The first-order valence-corrected chi connectivity index (χ1v) is 9.71. The molecule has 31 heavy (non-hydrogen) atoms. The van der Waals surface area contributed by atoms with Gasteiger partial charge in [0.05, 0.1) is 12.8 Å². The van der Waals surface area contributed by atoms with Crippen molar-refractivity contribution in [1.82, 2.24) is 0 Å². The van der Waals surface area contributed by atoms with E-state index in [1.807, 2.05) is 48.5 Å². The number of anilines is 1. The number of ether oxygens (including phenoxy) is 1. The first kappa shape index (κ1) is 21.8. The van der Waals surface area contributed by atoms with Crippen LogP contribution < -0.4 is 15.8 Å². The summed E-state index contributed by atoms with van der Waals surface area (Å²) >= 11 is 0. The average molecular weight is 417 g/mol. The van der Waals surface area contributed by atoms with Gasteiger partial charge in [0.2, 0.25) is 5.78 Å². The highest BCUT2D eigenvalue weighted by molar-refractivity contribution is 6.20. The molecular weight excluding hydrogens is 393 g/mol. The molecular formula is C25H24FN3O2. The molecule has 5 nitrogen and oxygen atoms in total. The van der Waals surface area contributed by atoms with Gasteiger partial charge in [-0.25, -0.2) is 4.39 Å². The quantitative estimate of drug-likeness (QED) is 0.414. The monoisotopic (exact) mass is 417 g/mol. The minimum absolute atomic E-state index is 0.0291. The van der Waals surface area contributed by atoms with Gasteiger partial charge < -0.3 is 15.8 Å². The lowest BCUT2D eigenvalue weighted by atomic mass is 9.95. The number of ketones is 1. The molecule has 3 N–H and O–H groups in total. The lowest BCUT2D eigenvalue weighted by Gasteiger charge is -2.21. The maximum absolute atomic E-state index is 13.5. The van der Waals surface area contributed by atoms with Crippen LogP contribution in [-0.4, -0.2) is 26.2 Å². The van der Waals surface area contributed by atoms with E-state index in [9.17, 15) is 9.18 Å². The third kappa shape index (κ3) is 5.36. The second-order valence-electron chi connectivity index (χ2n) is 6.81. The summed E-state index contributed by atoms with van der Waals surface area (Å²) in [6.45, 7) is 0. The average Bonchev–Trinajstić information content (AvgIpc) is 2.81. The molecule has 0 aliphatic carbocycles. The zero-order chi connectivity index (χ0) is 22.2. The Bertz CT molecular complexity index is 1090. The number of nitrogens with one attached hydrogen (secondary N) is 1. The third-order valence-electron chi connectivity index (χ3n) is 4.74. The molecule has 0 amide bonds. The Kier molecular flexibility index (Phi) is 7.17. The summed E-state index contributed by atoms with van der Waals surface area (Å²) in [6, 6.07) is 21.6. The molecule has 0 aromatic heterocycles. The molecule has 0 saturated heterocycles. The van der Waals surface area contributed by atoms with Gasteiger partial charge in [0, 0.05) is 30.6 Å². The maximum atomic E-state index is 13.5. The lowest BCUT2D eigenvalue weighted by molar-refractivity contribution is -0.116. The molecule has 0 heterocycles. The first-order chi connectivity index (χ1) is 15.0. The van der Waals surface area contributed by atoms with Crippen molar-refractivity contribution < 1.29 is 13.9 Å². The number of halogens is 1. The summed E-state index contributed by atoms with van der Waals surface area (Å²) in [5.74, 6) is -0.0329. The number of Topliss-reactive ketones (excluding diaryl/α,β-unsaturated/α-hetero) is 1. The van der Waals surface area contributed by atoms with Crippen LogP contribution in [-0.2, 0) is 4.79 Å². The van der Waals surface area contributed by atoms with Crippen LogP contribution in [0.4, 0.5) is 10.1 Å². The lowest BCUT2D eigenvalue weighted by Crippen LogP contribution is -2.27. The molecule has 0 radical (unpaired) electrons. The number of nitrogens with zero attached hydrogens (tertiary/aromatic N) is 1. The smallest absolute Gasteiger partial charge is 0.205 e. The van der Waals surface area contributed by atoms with E-state index in [0.717, 1.165) is 5.56 Å². The molecule has 3 rings (SSSR count). The van der Waals surface area contributed by atoms with Gasteiger partial charge in [0.15, 0.2) is 0 Å². The molecule has 3 aromatic carbocycles. The number of methoxy groups -OCH3 is 1. The summed E-state index contributed by atoms with van der Waals surface area (Å²) in [5, 5.41) is 3.26. The molecule has 158 valence electrons. The maximum Gasteiger partial charge on any atom is 0.205 e. The van der Waals surface area contributed by atoms with E-state index in [0.29, 0.717) is 22.6 Å². The molecule has 1 unspecified atom stereocenters. The normalized spacial score (nSPS) is 12.9. The summed E-state index contributed by atoms with van der Waals surface area (Å²) in [7, 11) is 3.17. The first-order valence-electron chi connectivity index (χ1n) is 9.71. The van der Waals surface area contributed by atoms with Gasteiger partial charge >= 0.3 is 0 Å². The zero-order valence-corrected chi connectivity index (χ0v) is 17.4. The number of benzene rings is 3. The van der Waals surface area contributed by atoms with Crippen LogP contribution in [0.25, 0.3) is 5.57 Å². The number of carbonyl (C=O) groups excluding carboxylic acids is 1. The van der Waals surface area contributed by atoms with Crippen LogP contribution in [0, 0.1) is 5.82 Å². The highest BCUT2D eigenvalue weighted by Crippen LogP contribution is 2.27. The fraction of sp³-hybridized carbons (Fsp3) is 0.120. The van der Waals surface area contributed by atoms with Crippen molar-refractivity contribution in [3.63, 3.8) is 0 Å². The Balaban J connectivity index is 2.05. The van der Waals surface area contributed by atoms with Crippen LogP contribution in [0.3, 0.4) is 0 Å². The summed E-state index contributed by atoms with van der Waals surface area (Å²) in [5.41, 5.74) is 8.87. The number of carbonyl (C=O) groups is 1. The van der Waals surface area contributed by atoms with Crippen LogP contribution in [0.15, 0.2) is 89.6 Å². The summed E-state index contributed by atoms with van der Waals surface area (Å²) < 4.78 is 18.7. The molecule has 0 fully saturated rings. The Hall–Kier alpha value is -3.93. The van der Waals surface area contributed by atoms with Gasteiger partial charge in [0.25, 0.3) is 0 Å². The second-order valence-corrected chi connectivity index (χ2v) is 6.81. The van der Waals surface area contributed by atoms with Crippen molar-refractivity contribution in [3.05, 3.63) is 102 Å². The molecule has 0 spiro atoms. The number of hydrogen-bond acceptors (Lipinski definition) is 5. The number of hydrogen-bond donors (Lipinski definition) is 2. The number of allylic oxidation sites excluding steroid dienone is 1. The van der Waals surface area contributed by atoms with E-state index >= 15 is 0 Å². The standard InChI is InChI=1S/C25H24FN3O2/c1-28-16-22(17-11-13-19(26)14-12-17)23(27)25(30)24(18-7-4-3-5-8-18)29-20-9-6-10-21(15-20)31-2/h3-16,24,29H,27H2,1-2H3. The number of nitrogens with two attached hydrogens (primary N) is 1. The fourth-order valence-corrected chi connectivity index (χ4v) is 3.17. The van der Waals surface area contributed by atoms with Crippen molar-refractivity contribution >= 4 is 23.3 Å². The van der Waals surface area contributed by atoms with Gasteiger partial charge in [-0.15, -0.1) is 0 Å². The summed E-state index contributed by atoms with van der Waals surface area (Å²) in [4.78, 5) is 17.6. The van der Waals surface area contributed by atoms with E-state index in [2.05, 4.69) is 10.3 Å². The molecule has 0 bridgehead atoms. The van der Waals surface area contributed by atoms with Crippen LogP contribution >= 0.6 is 0 Å².